The minimum absolute atomic E-state index is 0.184. The van der Waals surface area contributed by atoms with Gasteiger partial charge in [0, 0.05) is 13.6 Å². The van der Waals surface area contributed by atoms with Crippen molar-refractivity contribution < 1.29 is 19.1 Å². The normalized spacial score (nSPS) is 24.9. The van der Waals surface area contributed by atoms with Gasteiger partial charge >= 0.3 is 6.03 Å². The van der Waals surface area contributed by atoms with Crippen LogP contribution >= 0.6 is 0 Å². The zero-order valence-corrected chi connectivity index (χ0v) is 16.3. The number of benzene rings is 1. The van der Waals surface area contributed by atoms with Gasteiger partial charge in [-0.3, -0.25) is 14.5 Å². The van der Waals surface area contributed by atoms with E-state index in [1.54, 1.807) is 16.8 Å². The van der Waals surface area contributed by atoms with Gasteiger partial charge < -0.3 is 14.5 Å². The number of ether oxygens (including phenoxy) is 1. The van der Waals surface area contributed by atoms with Gasteiger partial charge in [0.1, 0.15) is 18.2 Å². The lowest BCUT2D eigenvalue weighted by molar-refractivity contribution is -0.144. The summed E-state index contributed by atoms with van der Waals surface area (Å²) < 4.78 is 5.81. The van der Waals surface area contributed by atoms with Crippen LogP contribution < -0.4 is 0 Å². The van der Waals surface area contributed by atoms with Crippen molar-refractivity contribution in [3.05, 3.63) is 35.9 Å². The molecule has 7 heteroatoms. The smallest absolute Gasteiger partial charge is 0.327 e. The molecule has 0 aromatic heterocycles. The highest BCUT2D eigenvalue weighted by atomic mass is 16.5. The van der Waals surface area contributed by atoms with E-state index in [1.807, 2.05) is 30.3 Å². The second-order valence-corrected chi connectivity index (χ2v) is 7.94. The second kappa shape index (κ2) is 7.54. The van der Waals surface area contributed by atoms with Gasteiger partial charge in [-0.1, -0.05) is 49.6 Å². The van der Waals surface area contributed by atoms with Gasteiger partial charge in [0.05, 0.1) is 13.2 Å². The SMILES string of the molecule is CN1C(=O)N(CC(=O)N2CCOC(c3ccccc3)C2)C(=O)C12CCCCC2. The van der Waals surface area contributed by atoms with Gasteiger partial charge in [-0.25, -0.2) is 4.79 Å². The van der Waals surface area contributed by atoms with Crippen molar-refractivity contribution in [2.45, 2.75) is 43.7 Å². The number of morpholine rings is 1. The molecule has 1 aromatic rings. The van der Waals surface area contributed by atoms with Gasteiger partial charge in [-0.15, -0.1) is 0 Å². The molecule has 1 aromatic carbocycles. The standard InChI is InChI=1S/C21H27N3O4/c1-22-20(27)24(19(26)21(22)10-6-3-7-11-21)15-18(25)23-12-13-28-17(14-23)16-8-4-2-5-9-16/h2,4-5,8-9,17H,3,6-7,10-15H2,1H3. The van der Waals surface area contributed by atoms with Gasteiger partial charge in [-0.05, 0) is 18.4 Å². The highest BCUT2D eigenvalue weighted by molar-refractivity contribution is 6.08. The number of hydrogen-bond donors (Lipinski definition) is 0. The minimum atomic E-state index is -0.743. The number of urea groups is 1. The molecule has 2 saturated heterocycles. The fourth-order valence-electron chi connectivity index (χ4n) is 4.65. The predicted octanol–water partition coefficient (Wildman–Crippen LogP) is 2.18. The van der Waals surface area contributed by atoms with Crippen molar-refractivity contribution in [1.82, 2.24) is 14.7 Å². The van der Waals surface area contributed by atoms with Crippen molar-refractivity contribution >= 4 is 17.8 Å². The number of carbonyl (C=O) groups is 3. The third kappa shape index (κ3) is 3.17. The molecule has 150 valence electrons. The van der Waals surface area contributed by atoms with E-state index in [0.717, 1.165) is 29.7 Å². The summed E-state index contributed by atoms with van der Waals surface area (Å²) >= 11 is 0. The second-order valence-electron chi connectivity index (χ2n) is 7.94. The number of rotatable bonds is 3. The van der Waals surface area contributed by atoms with E-state index in [9.17, 15) is 14.4 Å². The Kier molecular flexibility index (Phi) is 5.10. The van der Waals surface area contributed by atoms with Crippen LogP contribution in [0.5, 0.6) is 0 Å². The summed E-state index contributed by atoms with van der Waals surface area (Å²) in [6.07, 6.45) is 4.15. The number of carbonyl (C=O) groups excluding carboxylic acids is 3. The molecule has 1 unspecified atom stereocenters. The molecule has 1 saturated carbocycles. The average molecular weight is 385 g/mol. The number of imide groups is 1. The lowest BCUT2D eigenvalue weighted by Gasteiger charge is -2.36. The van der Waals surface area contributed by atoms with E-state index in [0.29, 0.717) is 32.5 Å². The van der Waals surface area contributed by atoms with E-state index in [4.69, 9.17) is 4.74 Å². The summed E-state index contributed by atoms with van der Waals surface area (Å²) in [6, 6.07) is 9.44. The fourth-order valence-corrected chi connectivity index (χ4v) is 4.65. The van der Waals surface area contributed by atoms with Crippen LogP contribution in [0, 0.1) is 0 Å². The zero-order chi connectivity index (χ0) is 19.7. The Morgan fingerprint density at radius 2 is 1.86 bits per heavy atom. The Bertz CT molecular complexity index is 760. The molecule has 0 N–H and O–H groups in total. The van der Waals surface area contributed by atoms with Crippen LogP contribution in [0.25, 0.3) is 0 Å². The summed E-state index contributed by atoms with van der Waals surface area (Å²) in [4.78, 5) is 43.1. The highest BCUT2D eigenvalue weighted by Crippen LogP contribution is 2.39. The summed E-state index contributed by atoms with van der Waals surface area (Å²) in [5, 5.41) is 0. The molecule has 2 heterocycles. The largest absolute Gasteiger partial charge is 0.370 e. The molecular weight excluding hydrogens is 358 g/mol. The third-order valence-electron chi connectivity index (χ3n) is 6.37. The molecule has 1 atom stereocenters. The van der Waals surface area contributed by atoms with Crippen molar-refractivity contribution in [2.24, 2.45) is 0 Å². The molecule has 1 aliphatic carbocycles. The lowest BCUT2D eigenvalue weighted by atomic mass is 9.81. The molecule has 0 bridgehead atoms. The summed E-state index contributed by atoms with van der Waals surface area (Å²) in [7, 11) is 1.69. The van der Waals surface area contributed by atoms with Gasteiger partial charge in [-0.2, -0.15) is 0 Å². The molecule has 4 rings (SSSR count). The maximum Gasteiger partial charge on any atom is 0.327 e. The van der Waals surface area contributed by atoms with Crippen molar-refractivity contribution in [2.75, 3.05) is 33.3 Å². The topological polar surface area (TPSA) is 70.2 Å². The predicted molar refractivity (Wildman–Crippen MR) is 102 cm³/mol. The minimum Gasteiger partial charge on any atom is -0.370 e. The van der Waals surface area contributed by atoms with E-state index in [1.165, 1.54) is 0 Å². The molecule has 28 heavy (non-hydrogen) atoms. The first-order chi connectivity index (χ1) is 13.5. The first-order valence-electron chi connectivity index (χ1n) is 10.1. The van der Waals surface area contributed by atoms with Crippen LogP contribution in [0.4, 0.5) is 4.79 Å². The quantitative estimate of drug-likeness (QED) is 0.748. The Morgan fingerprint density at radius 3 is 2.57 bits per heavy atom. The van der Waals surface area contributed by atoms with Crippen molar-refractivity contribution in [3.8, 4) is 0 Å². The maximum atomic E-state index is 13.1. The molecular formula is C21H27N3O4. The summed E-state index contributed by atoms with van der Waals surface area (Å²) in [5.41, 5.74) is 0.280. The van der Waals surface area contributed by atoms with Crippen LogP contribution in [0.1, 0.15) is 43.8 Å². The van der Waals surface area contributed by atoms with Crippen LogP contribution in [0.2, 0.25) is 0 Å². The number of likely N-dealkylation sites (N-methyl/N-ethyl adjacent to an activating group) is 1. The van der Waals surface area contributed by atoms with E-state index in [2.05, 4.69) is 0 Å². The van der Waals surface area contributed by atoms with Crippen molar-refractivity contribution in [1.29, 1.82) is 0 Å². The number of hydrogen-bond acceptors (Lipinski definition) is 4. The van der Waals surface area contributed by atoms with Crippen LogP contribution in [-0.2, 0) is 14.3 Å². The van der Waals surface area contributed by atoms with Crippen LogP contribution in [0.15, 0.2) is 30.3 Å². The average Bonchev–Trinajstić information content (AvgIpc) is 2.91. The third-order valence-corrected chi connectivity index (χ3v) is 6.37. The Morgan fingerprint density at radius 1 is 1.14 bits per heavy atom. The zero-order valence-electron chi connectivity index (χ0n) is 16.3. The number of nitrogens with zero attached hydrogens (tertiary/aromatic N) is 3. The molecule has 3 fully saturated rings. The van der Waals surface area contributed by atoms with Crippen LogP contribution in [-0.4, -0.2) is 71.4 Å². The Labute approximate surface area is 165 Å². The summed E-state index contributed by atoms with van der Waals surface area (Å²) in [5.74, 6) is -0.409. The Balaban J connectivity index is 1.44. The molecule has 1 spiro atoms. The van der Waals surface area contributed by atoms with E-state index in [-0.39, 0.29) is 30.5 Å². The number of amides is 4. The molecule has 4 amide bonds. The molecule has 7 nitrogen and oxygen atoms in total. The highest BCUT2D eigenvalue weighted by Gasteiger charge is 2.56. The Hall–Kier alpha value is -2.41. The lowest BCUT2D eigenvalue weighted by Crippen LogP contribution is -2.50. The van der Waals surface area contributed by atoms with E-state index < -0.39 is 5.54 Å². The molecule has 2 aliphatic heterocycles. The van der Waals surface area contributed by atoms with Crippen molar-refractivity contribution in [3.63, 3.8) is 0 Å². The summed E-state index contributed by atoms with van der Waals surface area (Å²) in [6.45, 7) is 1.15. The van der Waals surface area contributed by atoms with Gasteiger partial charge in [0.2, 0.25) is 5.91 Å². The first-order valence-corrected chi connectivity index (χ1v) is 10.1. The van der Waals surface area contributed by atoms with Gasteiger partial charge in [0.25, 0.3) is 5.91 Å². The fraction of sp³-hybridized carbons (Fsp3) is 0.571. The van der Waals surface area contributed by atoms with E-state index >= 15 is 0 Å². The van der Waals surface area contributed by atoms with Gasteiger partial charge in [0.15, 0.2) is 0 Å². The first kappa shape index (κ1) is 18.9. The maximum absolute atomic E-state index is 13.1. The van der Waals surface area contributed by atoms with Crippen LogP contribution in [0.3, 0.4) is 0 Å². The molecule has 3 aliphatic rings. The molecule has 0 radical (unpaired) electrons. The monoisotopic (exact) mass is 385 g/mol.